The van der Waals surface area contributed by atoms with Gasteiger partial charge in [-0.25, -0.2) is 27.0 Å². The van der Waals surface area contributed by atoms with Crippen molar-refractivity contribution in [1.82, 2.24) is 18.8 Å². The van der Waals surface area contributed by atoms with Crippen LogP contribution in [0.4, 0.5) is 25.0 Å². The highest BCUT2D eigenvalue weighted by molar-refractivity contribution is 7.89. The lowest BCUT2D eigenvalue weighted by Gasteiger charge is -2.41. The molecule has 0 aliphatic carbocycles. The van der Waals surface area contributed by atoms with Crippen LogP contribution in [0.25, 0.3) is 0 Å². The van der Waals surface area contributed by atoms with Gasteiger partial charge in [0.1, 0.15) is 17.5 Å². The number of hydrogen-bond acceptors (Lipinski definition) is 5. The van der Waals surface area contributed by atoms with Gasteiger partial charge in [0.05, 0.1) is 18.0 Å². The number of imidazole rings is 1. The average Bonchev–Trinajstić information content (AvgIpc) is 3.46. The number of carbonyl (C=O) groups excluding carboxylic acids is 1. The fraction of sp³-hybridized carbons (Fsp3) is 0.515. The Labute approximate surface area is 264 Å². The van der Waals surface area contributed by atoms with Crippen molar-refractivity contribution in [2.75, 3.05) is 35.6 Å². The van der Waals surface area contributed by atoms with Crippen LogP contribution in [0.3, 0.4) is 0 Å². The van der Waals surface area contributed by atoms with E-state index in [0.717, 1.165) is 50.2 Å². The number of urea groups is 1. The largest absolute Gasteiger partial charge is 0.329 e. The minimum Gasteiger partial charge on any atom is -0.329 e. The Morgan fingerprint density at radius 1 is 1.00 bits per heavy atom. The molecule has 3 aliphatic heterocycles. The third kappa shape index (κ3) is 6.78. The Balaban J connectivity index is 1.10. The Kier molecular flexibility index (Phi) is 9.26. The quantitative estimate of drug-likeness (QED) is 0.300. The van der Waals surface area contributed by atoms with Crippen LogP contribution in [0, 0.1) is 18.6 Å². The van der Waals surface area contributed by atoms with Crippen molar-refractivity contribution in [2.24, 2.45) is 0 Å². The molecular formula is C33H42F2N6O3S. The number of sulfonamides is 1. The molecule has 242 valence electrons. The monoisotopic (exact) mass is 640 g/mol. The van der Waals surface area contributed by atoms with Gasteiger partial charge in [0.25, 0.3) is 0 Å². The zero-order valence-electron chi connectivity index (χ0n) is 26.0. The molecule has 3 atom stereocenters. The molecule has 4 heterocycles. The third-order valence-electron chi connectivity index (χ3n) is 9.55. The molecule has 0 radical (unpaired) electrons. The first-order valence-corrected chi connectivity index (χ1v) is 17.6. The lowest BCUT2D eigenvalue weighted by atomic mass is 9.96. The van der Waals surface area contributed by atoms with E-state index in [-0.39, 0.29) is 23.4 Å². The van der Waals surface area contributed by atoms with Gasteiger partial charge in [-0.05, 0) is 94.0 Å². The molecule has 1 N–H and O–H groups in total. The summed E-state index contributed by atoms with van der Waals surface area (Å²) in [7, 11) is -3.26. The Morgan fingerprint density at radius 2 is 1.64 bits per heavy atom. The van der Waals surface area contributed by atoms with E-state index in [1.54, 1.807) is 21.3 Å². The second kappa shape index (κ2) is 13.2. The van der Waals surface area contributed by atoms with E-state index in [9.17, 15) is 22.0 Å². The molecule has 1 aromatic heterocycles. The predicted octanol–water partition coefficient (Wildman–Crippen LogP) is 5.86. The summed E-state index contributed by atoms with van der Waals surface area (Å²) in [5.41, 5.74) is 3.17. The molecule has 0 saturated carbocycles. The molecule has 45 heavy (non-hydrogen) atoms. The van der Waals surface area contributed by atoms with Crippen molar-refractivity contribution in [1.29, 1.82) is 0 Å². The molecule has 3 aliphatic rings. The number of anilines is 2. The Hall–Kier alpha value is -3.35. The van der Waals surface area contributed by atoms with Crippen molar-refractivity contribution >= 4 is 27.4 Å². The molecule has 6 rings (SSSR count). The zero-order valence-corrected chi connectivity index (χ0v) is 26.8. The first-order valence-electron chi connectivity index (χ1n) is 16.0. The first kappa shape index (κ1) is 31.6. The minimum atomic E-state index is -3.26. The van der Waals surface area contributed by atoms with Crippen molar-refractivity contribution in [2.45, 2.75) is 83.5 Å². The van der Waals surface area contributed by atoms with Gasteiger partial charge < -0.3 is 9.88 Å². The maximum absolute atomic E-state index is 13.7. The predicted molar refractivity (Wildman–Crippen MR) is 171 cm³/mol. The van der Waals surface area contributed by atoms with Gasteiger partial charge >= 0.3 is 6.03 Å². The zero-order chi connectivity index (χ0) is 31.7. The summed E-state index contributed by atoms with van der Waals surface area (Å²) in [6.45, 7) is 6.08. The summed E-state index contributed by atoms with van der Waals surface area (Å²) in [6, 6.07) is 12.4. The highest BCUT2D eigenvalue weighted by Gasteiger charge is 2.42. The van der Waals surface area contributed by atoms with Gasteiger partial charge in [0.15, 0.2) is 0 Å². The first-order chi connectivity index (χ1) is 21.6. The number of halogens is 2. The summed E-state index contributed by atoms with van der Waals surface area (Å²) in [5, 5.41) is 2.84. The van der Waals surface area contributed by atoms with Crippen molar-refractivity contribution in [3.8, 4) is 0 Å². The molecule has 2 fully saturated rings. The second-order valence-corrected chi connectivity index (χ2v) is 14.6. The molecule has 3 aromatic rings. The molecule has 9 nitrogen and oxygen atoms in total. The van der Waals surface area contributed by atoms with Gasteiger partial charge in [-0.2, -0.15) is 4.31 Å². The smallest absolute Gasteiger partial charge is 0.326 e. The SMILES string of the molecule is CCCS(=O)(=O)N1CCc2c(nc(C)n2C2C[C@H]3CC[C@@H](C2)N3CCCN(C(=O)Nc2ccc(F)cc2)c2ccc(F)cc2)C1. The number of amides is 2. The van der Waals surface area contributed by atoms with Crippen molar-refractivity contribution in [3.63, 3.8) is 0 Å². The van der Waals surface area contributed by atoms with Crippen LogP contribution in [0.1, 0.15) is 68.7 Å². The summed E-state index contributed by atoms with van der Waals surface area (Å²) in [6.07, 6.45) is 6.34. The summed E-state index contributed by atoms with van der Waals surface area (Å²) in [5.74, 6) is 0.388. The molecule has 0 spiro atoms. The van der Waals surface area contributed by atoms with Gasteiger partial charge in [-0.15, -0.1) is 0 Å². The van der Waals surface area contributed by atoms with Crippen molar-refractivity contribution in [3.05, 3.63) is 77.4 Å². The number of piperidine rings is 1. The van der Waals surface area contributed by atoms with E-state index >= 15 is 0 Å². The molecule has 2 aromatic carbocycles. The highest BCUT2D eigenvalue weighted by atomic mass is 32.2. The van der Waals surface area contributed by atoms with Gasteiger partial charge in [0, 0.05) is 61.2 Å². The molecule has 2 saturated heterocycles. The summed E-state index contributed by atoms with van der Waals surface area (Å²) < 4.78 is 56.5. The third-order valence-corrected chi connectivity index (χ3v) is 11.6. The number of rotatable bonds is 10. The average molecular weight is 641 g/mol. The number of hydrogen-bond donors (Lipinski definition) is 1. The van der Waals surface area contributed by atoms with Crippen LogP contribution in [-0.2, 0) is 23.0 Å². The fourth-order valence-corrected chi connectivity index (χ4v) is 9.01. The van der Waals surface area contributed by atoms with Crippen LogP contribution >= 0.6 is 0 Å². The van der Waals surface area contributed by atoms with Crippen LogP contribution in [0.2, 0.25) is 0 Å². The standard InChI is InChI=1S/C33H42F2N6O3S/c1-3-19-45(43,44)38-18-15-32-31(22-38)36-23(2)41(32)30-20-28-13-14-29(21-30)39(28)16-4-17-40(27-11-7-25(35)8-12-27)33(42)37-26-9-5-24(34)6-10-26/h5-12,28-30H,3-4,13-22H2,1-2H3,(H,37,42)/t28-,29+,30?. The molecule has 2 amide bonds. The van der Waals surface area contributed by atoms with E-state index in [1.807, 2.05) is 13.8 Å². The number of nitrogens with one attached hydrogen (secondary N) is 1. The number of benzene rings is 2. The van der Waals surface area contributed by atoms with Crippen LogP contribution in [-0.4, -0.2) is 70.7 Å². The lowest BCUT2D eigenvalue weighted by Crippen LogP contribution is -2.45. The molecule has 12 heteroatoms. The van der Waals surface area contributed by atoms with E-state index < -0.39 is 10.0 Å². The fourth-order valence-electron chi connectivity index (χ4n) is 7.55. The number of carbonyl (C=O) groups is 1. The molecular weight excluding hydrogens is 598 g/mol. The minimum absolute atomic E-state index is 0.171. The normalized spacial score (nSPS) is 21.9. The van der Waals surface area contributed by atoms with Crippen LogP contribution in [0.5, 0.6) is 0 Å². The lowest BCUT2D eigenvalue weighted by molar-refractivity contribution is 0.104. The maximum atomic E-state index is 13.7. The number of aromatic nitrogens is 2. The van der Waals surface area contributed by atoms with E-state index in [4.69, 9.17) is 4.98 Å². The van der Waals surface area contributed by atoms with E-state index in [2.05, 4.69) is 14.8 Å². The Morgan fingerprint density at radius 3 is 2.29 bits per heavy atom. The maximum Gasteiger partial charge on any atom is 0.326 e. The Bertz CT molecular complexity index is 1600. The van der Waals surface area contributed by atoms with E-state index in [0.29, 0.717) is 62.0 Å². The molecule has 2 bridgehead atoms. The van der Waals surface area contributed by atoms with Crippen molar-refractivity contribution < 1.29 is 22.0 Å². The van der Waals surface area contributed by atoms with Gasteiger partial charge in [0.2, 0.25) is 10.0 Å². The van der Waals surface area contributed by atoms with Crippen LogP contribution < -0.4 is 10.2 Å². The molecule has 1 unspecified atom stereocenters. The topological polar surface area (TPSA) is 90.8 Å². The van der Waals surface area contributed by atoms with Gasteiger partial charge in [-0.3, -0.25) is 9.80 Å². The summed E-state index contributed by atoms with van der Waals surface area (Å²) >= 11 is 0. The number of nitrogens with zero attached hydrogens (tertiary/aromatic N) is 5. The van der Waals surface area contributed by atoms with Gasteiger partial charge in [-0.1, -0.05) is 6.92 Å². The summed E-state index contributed by atoms with van der Waals surface area (Å²) in [4.78, 5) is 22.4. The highest BCUT2D eigenvalue weighted by Crippen LogP contribution is 2.42. The number of fused-ring (bicyclic) bond motifs is 3. The van der Waals surface area contributed by atoms with E-state index in [1.165, 1.54) is 42.1 Å². The second-order valence-electron chi connectivity index (χ2n) is 12.5. The van der Waals surface area contributed by atoms with Crippen LogP contribution in [0.15, 0.2) is 48.5 Å². The number of aryl methyl sites for hydroxylation is 1.